The van der Waals surface area contributed by atoms with Crippen LogP contribution in [0.25, 0.3) is 16.6 Å². The minimum absolute atomic E-state index is 0.0488. The average Bonchev–Trinajstić information content (AvgIpc) is 3.31. The van der Waals surface area contributed by atoms with Gasteiger partial charge in [-0.05, 0) is 30.5 Å². The van der Waals surface area contributed by atoms with Crippen LogP contribution in [0.1, 0.15) is 30.1 Å². The Labute approximate surface area is 171 Å². The van der Waals surface area contributed by atoms with E-state index < -0.39 is 0 Å². The third kappa shape index (κ3) is 2.84. The summed E-state index contributed by atoms with van der Waals surface area (Å²) < 4.78 is 3.96. The molecule has 4 heterocycles. The van der Waals surface area contributed by atoms with Gasteiger partial charge in [0.2, 0.25) is 5.56 Å². The molecule has 4 aromatic rings. The van der Waals surface area contributed by atoms with Gasteiger partial charge in [-0.1, -0.05) is 17.7 Å². The van der Waals surface area contributed by atoms with E-state index in [4.69, 9.17) is 11.6 Å². The van der Waals surface area contributed by atoms with Gasteiger partial charge in [0.15, 0.2) is 0 Å². The fourth-order valence-corrected chi connectivity index (χ4v) is 4.41. The van der Waals surface area contributed by atoms with Gasteiger partial charge in [-0.2, -0.15) is 10.2 Å². The molecule has 1 aromatic carbocycles. The van der Waals surface area contributed by atoms with Gasteiger partial charge in [-0.3, -0.25) is 9.48 Å². The van der Waals surface area contributed by atoms with Gasteiger partial charge in [0, 0.05) is 36.7 Å². The number of aromatic nitrogens is 5. The SMILES string of the molecule is O=c1ccc2c([nH]1)CCN(c1cc3c(cnn3-c3cnn(C4CC4)c3)cc1Cl)C2. The molecule has 1 fully saturated rings. The molecule has 8 heteroatoms. The maximum Gasteiger partial charge on any atom is 0.248 e. The fourth-order valence-electron chi connectivity index (χ4n) is 4.12. The zero-order valence-corrected chi connectivity index (χ0v) is 16.4. The summed E-state index contributed by atoms with van der Waals surface area (Å²) in [5, 5.41) is 10.8. The van der Waals surface area contributed by atoms with E-state index in [1.807, 2.05) is 33.9 Å². The first-order chi connectivity index (χ1) is 14.2. The Hall–Kier alpha value is -3.06. The molecule has 0 amide bonds. The number of hydrogen-bond acceptors (Lipinski definition) is 4. The van der Waals surface area contributed by atoms with Crippen LogP contribution >= 0.6 is 11.6 Å². The lowest BCUT2D eigenvalue weighted by atomic mass is 10.0. The number of aromatic amines is 1. The van der Waals surface area contributed by atoms with Crippen LogP contribution in [0.3, 0.4) is 0 Å². The highest BCUT2D eigenvalue weighted by atomic mass is 35.5. The van der Waals surface area contributed by atoms with Crippen molar-refractivity contribution in [1.29, 1.82) is 0 Å². The van der Waals surface area contributed by atoms with Crippen molar-refractivity contribution in [3.63, 3.8) is 0 Å². The first kappa shape index (κ1) is 16.9. The molecule has 0 unspecified atom stereocenters. The van der Waals surface area contributed by atoms with Crippen LogP contribution in [0, 0.1) is 0 Å². The highest BCUT2D eigenvalue weighted by Crippen LogP contribution is 2.36. The minimum Gasteiger partial charge on any atom is -0.365 e. The number of nitrogens with zero attached hydrogens (tertiary/aromatic N) is 5. The molecule has 1 aliphatic heterocycles. The minimum atomic E-state index is -0.0488. The summed E-state index contributed by atoms with van der Waals surface area (Å²) in [4.78, 5) is 16.8. The number of halogens is 1. The third-order valence-electron chi connectivity index (χ3n) is 5.82. The number of anilines is 1. The van der Waals surface area contributed by atoms with E-state index in [1.165, 1.54) is 12.8 Å². The lowest BCUT2D eigenvalue weighted by molar-refractivity contribution is 0.641. The second kappa shape index (κ2) is 6.22. The van der Waals surface area contributed by atoms with Crippen molar-refractivity contribution in [2.24, 2.45) is 0 Å². The maximum absolute atomic E-state index is 11.6. The highest BCUT2D eigenvalue weighted by Gasteiger charge is 2.25. The Morgan fingerprint density at radius 3 is 2.90 bits per heavy atom. The normalized spacial score (nSPS) is 16.4. The molecule has 0 radical (unpaired) electrons. The van der Waals surface area contributed by atoms with Gasteiger partial charge in [-0.15, -0.1) is 0 Å². The number of hydrogen-bond donors (Lipinski definition) is 1. The standard InChI is InChI=1S/C21H19ClN6O/c22-17-7-14-9-24-28(16-10-23-27(12-16)15-2-3-15)19(14)8-20(17)26-6-5-18-13(11-26)1-4-21(29)25-18/h1,4,7-10,12,15H,2-3,5-6,11H2,(H,25,29). The molecule has 0 saturated heterocycles. The van der Waals surface area contributed by atoms with Crippen molar-refractivity contribution in [1.82, 2.24) is 24.5 Å². The van der Waals surface area contributed by atoms with Crippen molar-refractivity contribution in [3.05, 3.63) is 69.5 Å². The van der Waals surface area contributed by atoms with E-state index in [0.29, 0.717) is 17.6 Å². The van der Waals surface area contributed by atoms with E-state index in [9.17, 15) is 4.79 Å². The van der Waals surface area contributed by atoms with Crippen LogP contribution in [0.4, 0.5) is 5.69 Å². The molecule has 0 atom stereocenters. The molecule has 0 spiro atoms. The molecule has 6 rings (SSSR count). The number of pyridine rings is 1. The predicted molar refractivity (Wildman–Crippen MR) is 112 cm³/mol. The molecule has 29 heavy (non-hydrogen) atoms. The summed E-state index contributed by atoms with van der Waals surface area (Å²) >= 11 is 6.65. The molecular weight excluding hydrogens is 388 g/mol. The lowest BCUT2D eigenvalue weighted by Crippen LogP contribution is -2.32. The maximum atomic E-state index is 11.6. The zero-order valence-electron chi connectivity index (χ0n) is 15.7. The number of fused-ring (bicyclic) bond motifs is 2. The van der Waals surface area contributed by atoms with Gasteiger partial charge in [0.05, 0.1) is 40.9 Å². The number of H-pyrrole nitrogens is 1. The van der Waals surface area contributed by atoms with Gasteiger partial charge < -0.3 is 9.88 Å². The van der Waals surface area contributed by atoms with Crippen LogP contribution in [0.2, 0.25) is 5.02 Å². The van der Waals surface area contributed by atoms with E-state index in [-0.39, 0.29) is 5.56 Å². The molecule has 0 bridgehead atoms. The second-order valence-electron chi connectivity index (χ2n) is 7.83. The summed E-state index contributed by atoms with van der Waals surface area (Å²) in [5.74, 6) is 0. The lowest BCUT2D eigenvalue weighted by Gasteiger charge is -2.31. The Kier molecular flexibility index (Phi) is 3.61. The van der Waals surface area contributed by atoms with Gasteiger partial charge >= 0.3 is 0 Å². The summed E-state index contributed by atoms with van der Waals surface area (Å²) in [6, 6.07) is 8.11. The average molecular weight is 407 g/mol. The molecular formula is C21H19ClN6O. The van der Waals surface area contributed by atoms with Crippen molar-refractivity contribution in [2.45, 2.75) is 31.8 Å². The number of benzene rings is 1. The molecule has 2 aliphatic rings. The van der Waals surface area contributed by atoms with E-state index >= 15 is 0 Å². The summed E-state index contributed by atoms with van der Waals surface area (Å²) in [6.07, 6.45) is 8.95. The topological polar surface area (TPSA) is 71.7 Å². The van der Waals surface area contributed by atoms with Crippen molar-refractivity contribution in [3.8, 4) is 5.69 Å². The Morgan fingerprint density at radius 2 is 2.03 bits per heavy atom. The van der Waals surface area contributed by atoms with E-state index in [1.54, 1.807) is 6.07 Å². The van der Waals surface area contributed by atoms with Crippen molar-refractivity contribution >= 4 is 28.2 Å². The number of nitrogens with one attached hydrogen (secondary N) is 1. The zero-order chi connectivity index (χ0) is 19.5. The first-order valence-electron chi connectivity index (χ1n) is 9.83. The van der Waals surface area contributed by atoms with E-state index in [0.717, 1.165) is 46.5 Å². The first-order valence-corrected chi connectivity index (χ1v) is 10.2. The van der Waals surface area contributed by atoms with Crippen LogP contribution in [0.15, 0.2) is 47.7 Å². The largest absolute Gasteiger partial charge is 0.365 e. The molecule has 3 aromatic heterocycles. The molecule has 7 nitrogen and oxygen atoms in total. The Morgan fingerprint density at radius 1 is 1.14 bits per heavy atom. The van der Waals surface area contributed by atoms with Gasteiger partial charge in [0.1, 0.15) is 5.69 Å². The number of rotatable bonds is 3. The van der Waals surface area contributed by atoms with Crippen LogP contribution in [-0.2, 0) is 13.0 Å². The Bertz CT molecular complexity index is 1300. The highest BCUT2D eigenvalue weighted by molar-refractivity contribution is 6.34. The monoisotopic (exact) mass is 406 g/mol. The van der Waals surface area contributed by atoms with Crippen LogP contribution < -0.4 is 10.5 Å². The van der Waals surface area contributed by atoms with Crippen LogP contribution in [-0.4, -0.2) is 31.1 Å². The van der Waals surface area contributed by atoms with Gasteiger partial charge in [-0.25, -0.2) is 4.68 Å². The summed E-state index contributed by atoms with van der Waals surface area (Å²) in [7, 11) is 0. The summed E-state index contributed by atoms with van der Waals surface area (Å²) in [5.41, 5.74) is 5.04. The smallest absolute Gasteiger partial charge is 0.248 e. The van der Waals surface area contributed by atoms with Gasteiger partial charge in [0.25, 0.3) is 0 Å². The van der Waals surface area contributed by atoms with Crippen LogP contribution in [0.5, 0.6) is 0 Å². The quantitative estimate of drug-likeness (QED) is 0.565. The molecule has 146 valence electrons. The summed E-state index contributed by atoms with van der Waals surface area (Å²) in [6.45, 7) is 1.51. The van der Waals surface area contributed by atoms with E-state index in [2.05, 4.69) is 32.3 Å². The third-order valence-corrected chi connectivity index (χ3v) is 6.12. The van der Waals surface area contributed by atoms with Crippen molar-refractivity contribution < 1.29 is 0 Å². The molecule has 1 aliphatic carbocycles. The van der Waals surface area contributed by atoms with Crippen molar-refractivity contribution in [2.75, 3.05) is 11.4 Å². The second-order valence-corrected chi connectivity index (χ2v) is 8.23. The predicted octanol–water partition coefficient (Wildman–Crippen LogP) is 3.46. The molecule has 1 N–H and O–H groups in total. The fraction of sp³-hybridized carbons (Fsp3) is 0.286. The molecule has 1 saturated carbocycles. The Balaban J connectivity index is 1.40.